The first-order valence-electron chi connectivity index (χ1n) is 4.63. The van der Waals surface area contributed by atoms with Gasteiger partial charge in [0.2, 0.25) is 0 Å². The van der Waals surface area contributed by atoms with Crippen LogP contribution in [0, 0.1) is 10.1 Å². The van der Waals surface area contributed by atoms with E-state index in [1.165, 1.54) is 18.2 Å². The van der Waals surface area contributed by atoms with E-state index in [0.717, 1.165) is 0 Å². The maximum atomic E-state index is 12.8. The zero-order valence-corrected chi connectivity index (χ0v) is 8.69. The average Bonchev–Trinajstić information content (AvgIpc) is 2.26. The molecule has 0 bridgehead atoms. The van der Waals surface area contributed by atoms with Crippen LogP contribution in [-0.2, 0) is 0 Å². The maximum absolute atomic E-state index is 12.8. The van der Waals surface area contributed by atoms with E-state index in [9.17, 15) is 18.9 Å². The first-order chi connectivity index (χ1) is 7.87. The summed E-state index contributed by atoms with van der Waals surface area (Å²) < 4.78 is 25.5. The normalized spacial score (nSPS) is 11.2. The number of para-hydroxylation sites is 1. The minimum absolute atomic E-state index is 0.108. The highest BCUT2D eigenvalue weighted by molar-refractivity contribution is 5.74. The van der Waals surface area contributed by atoms with Gasteiger partial charge in [-0.3, -0.25) is 10.1 Å². The quantitative estimate of drug-likeness (QED) is 0.412. The number of aliphatic hydroxyl groups excluding tert-OH is 1. The highest BCUT2D eigenvalue weighted by Gasteiger charge is 2.28. The van der Waals surface area contributed by atoms with Crippen molar-refractivity contribution in [2.45, 2.75) is 5.92 Å². The van der Waals surface area contributed by atoms with Crippen molar-refractivity contribution >= 4 is 17.1 Å². The lowest BCUT2D eigenvalue weighted by Gasteiger charge is -2.15. The molecule has 1 aromatic rings. The van der Waals surface area contributed by atoms with Crippen LogP contribution in [0.1, 0.15) is 0 Å². The number of nitrogen functional groups attached to an aromatic ring is 1. The van der Waals surface area contributed by atoms with E-state index in [-0.39, 0.29) is 11.4 Å². The molecule has 94 valence electrons. The highest BCUT2D eigenvalue weighted by atomic mass is 19.3. The lowest BCUT2D eigenvalue weighted by Crippen LogP contribution is -2.31. The van der Waals surface area contributed by atoms with Gasteiger partial charge in [-0.25, -0.2) is 8.78 Å². The van der Waals surface area contributed by atoms with Crippen molar-refractivity contribution in [3.63, 3.8) is 0 Å². The monoisotopic (exact) mass is 247 g/mol. The fourth-order valence-corrected chi connectivity index (χ4v) is 1.19. The molecule has 0 fully saturated rings. The van der Waals surface area contributed by atoms with Crippen LogP contribution in [0.15, 0.2) is 18.2 Å². The molecule has 0 saturated carbocycles. The molecule has 4 N–H and O–H groups in total. The van der Waals surface area contributed by atoms with E-state index in [0.29, 0.717) is 0 Å². The van der Waals surface area contributed by atoms with Crippen molar-refractivity contribution in [1.82, 2.24) is 0 Å². The minimum Gasteiger partial charge on any atom is -0.393 e. The third kappa shape index (κ3) is 3.25. The molecule has 6 nitrogen and oxygen atoms in total. The summed E-state index contributed by atoms with van der Waals surface area (Å²) in [5, 5.41) is 21.2. The van der Waals surface area contributed by atoms with Gasteiger partial charge in [-0.05, 0) is 12.1 Å². The summed E-state index contributed by atoms with van der Waals surface area (Å²) in [7, 11) is 0. The van der Waals surface area contributed by atoms with Crippen molar-refractivity contribution in [1.29, 1.82) is 0 Å². The molecule has 0 saturated heterocycles. The van der Waals surface area contributed by atoms with Gasteiger partial charge in [0, 0.05) is 0 Å². The molecule has 1 rings (SSSR count). The second kappa shape index (κ2) is 4.91. The summed E-state index contributed by atoms with van der Waals surface area (Å²) in [5.41, 5.74) is 4.69. The predicted molar refractivity (Wildman–Crippen MR) is 58.0 cm³/mol. The predicted octanol–water partition coefficient (Wildman–Crippen LogP) is 1.22. The number of nitro benzene ring substituents is 1. The Bertz CT molecular complexity index is 426. The van der Waals surface area contributed by atoms with Crippen LogP contribution >= 0.6 is 0 Å². The van der Waals surface area contributed by atoms with E-state index in [1.54, 1.807) is 0 Å². The first kappa shape index (κ1) is 13.1. The number of hydrogen-bond acceptors (Lipinski definition) is 5. The van der Waals surface area contributed by atoms with Gasteiger partial charge in [0.1, 0.15) is 18.0 Å². The van der Waals surface area contributed by atoms with Gasteiger partial charge in [-0.2, -0.15) is 0 Å². The van der Waals surface area contributed by atoms with Crippen LogP contribution in [0.5, 0.6) is 0 Å². The second-order valence-corrected chi connectivity index (χ2v) is 3.37. The number of hydrogen-bond donors (Lipinski definition) is 3. The molecule has 1 aromatic carbocycles. The maximum Gasteiger partial charge on any atom is 0.314 e. The van der Waals surface area contributed by atoms with Gasteiger partial charge in [0.15, 0.2) is 0 Å². The number of nitrogens with zero attached hydrogens (tertiary/aromatic N) is 1. The number of benzene rings is 1. The first-order valence-corrected chi connectivity index (χ1v) is 4.63. The number of nitrogens with two attached hydrogens (primary N) is 1. The Morgan fingerprint density at radius 3 is 2.71 bits per heavy atom. The van der Waals surface area contributed by atoms with Crippen molar-refractivity contribution in [2.24, 2.45) is 0 Å². The van der Waals surface area contributed by atoms with Crippen LogP contribution in [0.4, 0.5) is 25.8 Å². The number of nitro groups is 1. The van der Waals surface area contributed by atoms with Crippen molar-refractivity contribution in [2.75, 3.05) is 24.2 Å². The van der Waals surface area contributed by atoms with Gasteiger partial charge in [-0.1, -0.05) is 6.07 Å². The molecule has 0 unspecified atom stereocenters. The molecule has 17 heavy (non-hydrogen) atoms. The van der Waals surface area contributed by atoms with Gasteiger partial charge < -0.3 is 16.2 Å². The van der Waals surface area contributed by atoms with Crippen molar-refractivity contribution in [3.05, 3.63) is 28.3 Å². The Morgan fingerprint density at radius 2 is 2.18 bits per heavy atom. The summed E-state index contributed by atoms with van der Waals surface area (Å²) in [4.78, 5) is 9.93. The molecule has 8 heteroatoms. The molecule has 0 spiro atoms. The molecular formula is C9H11F2N3O3. The summed E-state index contributed by atoms with van der Waals surface area (Å²) in [6.07, 6.45) is 0. The van der Waals surface area contributed by atoms with Gasteiger partial charge >= 0.3 is 5.69 Å². The number of nitrogens with one attached hydrogen (secondary N) is 1. The van der Waals surface area contributed by atoms with Crippen LogP contribution in [0.2, 0.25) is 0 Å². The standard InChI is InChI=1S/C9H11F2N3O3/c10-9(11,5-15)4-13-7-3-1-2-6(12)8(7)14(16)17/h1-3,13,15H,4-5,12H2. The molecule has 0 aliphatic rings. The number of aliphatic hydroxyl groups is 1. The van der Waals surface area contributed by atoms with E-state index in [2.05, 4.69) is 5.32 Å². The second-order valence-electron chi connectivity index (χ2n) is 3.37. The number of alkyl halides is 2. The summed E-state index contributed by atoms with van der Waals surface area (Å²) >= 11 is 0. The molecule has 0 radical (unpaired) electrons. The number of halogens is 2. The molecule has 0 atom stereocenters. The highest BCUT2D eigenvalue weighted by Crippen LogP contribution is 2.31. The molecule has 0 aromatic heterocycles. The molecule has 0 aliphatic carbocycles. The molecule has 0 aliphatic heterocycles. The summed E-state index contributed by atoms with van der Waals surface area (Å²) in [6, 6.07) is 3.97. The zero-order chi connectivity index (χ0) is 13.1. The number of anilines is 2. The van der Waals surface area contributed by atoms with Crippen LogP contribution in [-0.4, -0.2) is 29.1 Å². The van der Waals surface area contributed by atoms with E-state index in [4.69, 9.17) is 10.8 Å². The van der Waals surface area contributed by atoms with Crippen molar-refractivity contribution < 1.29 is 18.8 Å². The van der Waals surface area contributed by atoms with Crippen LogP contribution < -0.4 is 11.1 Å². The molecule has 0 amide bonds. The number of rotatable bonds is 5. The lowest BCUT2D eigenvalue weighted by atomic mass is 10.2. The van der Waals surface area contributed by atoms with Crippen molar-refractivity contribution in [3.8, 4) is 0 Å². The Balaban J connectivity index is 2.92. The van der Waals surface area contributed by atoms with Gasteiger partial charge in [0.05, 0.1) is 11.5 Å². The summed E-state index contributed by atoms with van der Waals surface area (Å²) in [6.45, 7) is -2.25. The van der Waals surface area contributed by atoms with Crippen LogP contribution in [0.3, 0.4) is 0 Å². The Kier molecular flexibility index (Phi) is 3.79. The largest absolute Gasteiger partial charge is 0.393 e. The topological polar surface area (TPSA) is 101 Å². The fraction of sp³-hybridized carbons (Fsp3) is 0.333. The van der Waals surface area contributed by atoms with Gasteiger partial charge in [-0.15, -0.1) is 0 Å². The third-order valence-electron chi connectivity index (χ3n) is 2.02. The SMILES string of the molecule is Nc1cccc(NCC(F)(F)CO)c1[N+](=O)[O-]. The fourth-order valence-electron chi connectivity index (χ4n) is 1.19. The van der Waals surface area contributed by atoms with Gasteiger partial charge in [0.25, 0.3) is 5.92 Å². The van der Waals surface area contributed by atoms with E-state index in [1.807, 2.05) is 0 Å². The third-order valence-corrected chi connectivity index (χ3v) is 2.02. The molecular weight excluding hydrogens is 236 g/mol. The molecule has 0 heterocycles. The zero-order valence-electron chi connectivity index (χ0n) is 8.69. The van der Waals surface area contributed by atoms with Crippen LogP contribution in [0.25, 0.3) is 0 Å². The minimum atomic E-state index is -3.35. The lowest BCUT2D eigenvalue weighted by molar-refractivity contribution is -0.383. The Morgan fingerprint density at radius 1 is 1.53 bits per heavy atom. The van der Waals surface area contributed by atoms with E-state index >= 15 is 0 Å². The smallest absolute Gasteiger partial charge is 0.314 e. The summed E-state index contributed by atoms with van der Waals surface area (Å²) in [5.74, 6) is -3.35. The Hall–Kier alpha value is -1.96. The average molecular weight is 247 g/mol. The Labute approximate surface area is 95.2 Å². The van der Waals surface area contributed by atoms with E-state index < -0.39 is 29.7 Å².